The summed E-state index contributed by atoms with van der Waals surface area (Å²) in [4.78, 5) is 15.7. The molecule has 0 saturated carbocycles. The number of aromatic nitrogens is 1. The average Bonchev–Trinajstić information content (AvgIpc) is 2.41. The maximum Gasteiger partial charge on any atom is 0.341 e. The van der Waals surface area contributed by atoms with Crippen LogP contribution in [0.3, 0.4) is 0 Å². The molecule has 7 heteroatoms. The molecule has 0 atom stereocenters. The summed E-state index contributed by atoms with van der Waals surface area (Å²) in [5.74, 6) is 4.38. The number of pyridine rings is 1. The van der Waals surface area contributed by atoms with Gasteiger partial charge in [0, 0.05) is 16.1 Å². The monoisotopic (exact) mass is 327 g/mol. The van der Waals surface area contributed by atoms with Crippen molar-refractivity contribution in [3.8, 4) is 0 Å². The van der Waals surface area contributed by atoms with Crippen molar-refractivity contribution < 1.29 is 13.9 Å². The number of nitrogen functional groups attached to an aromatic ring is 1. The quantitative estimate of drug-likeness (QED) is 0.514. The standard InChI is InChI=1S/C12H11BrFN3O2/c1-2-19-12(18)6-5-16-11-8(14)4-3-7(13)9(11)10(6)17-15/h3-5H,2,15H2,1H3,(H,16,17). The van der Waals surface area contributed by atoms with Gasteiger partial charge in [0.1, 0.15) is 16.9 Å². The van der Waals surface area contributed by atoms with Crippen molar-refractivity contribution in [2.75, 3.05) is 12.0 Å². The van der Waals surface area contributed by atoms with E-state index in [4.69, 9.17) is 10.6 Å². The minimum atomic E-state index is -0.569. The summed E-state index contributed by atoms with van der Waals surface area (Å²) in [5.41, 5.74) is 2.96. The summed E-state index contributed by atoms with van der Waals surface area (Å²) in [5, 5.41) is 0.396. The molecule has 2 aromatic rings. The first kappa shape index (κ1) is 13.7. The van der Waals surface area contributed by atoms with Crippen LogP contribution in [0.1, 0.15) is 17.3 Å². The number of halogens is 2. The van der Waals surface area contributed by atoms with Crippen molar-refractivity contribution in [3.63, 3.8) is 0 Å². The molecule has 0 aliphatic carbocycles. The number of hydrazine groups is 1. The van der Waals surface area contributed by atoms with E-state index in [0.717, 1.165) is 0 Å². The van der Waals surface area contributed by atoms with Crippen LogP contribution in [0.25, 0.3) is 10.9 Å². The second kappa shape index (κ2) is 5.50. The van der Waals surface area contributed by atoms with Crippen molar-refractivity contribution in [1.29, 1.82) is 0 Å². The van der Waals surface area contributed by atoms with E-state index in [-0.39, 0.29) is 23.4 Å². The Kier molecular flexibility index (Phi) is 3.96. The summed E-state index contributed by atoms with van der Waals surface area (Å²) >= 11 is 3.29. The number of nitrogens with zero attached hydrogens (tertiary/aromatic N) is 1. The van der Waals surface area contributed by atoms with Gasteiger partial charge in [-0.25, -0.2) is 9.18 Å². The van der Waals surface area contributed by atoms with Crippen LogP contribution in [0.2, 0.25) is 0 Å². The molecule has 0 spiro atoms. The van der Waals surface area contributed by atoms with E-state index in [1.165, 1.54) is 18.3 Å². The third kappa shape index (κ3) is 2.39. The van der Waals surface area contributed by atoms with E-state index in [1.54, 1.807) is 6.92 Å². The van der Waals surface area contributed by atoms with Gasteiger partial charge in [-0.1, -0.05) is 15.9 Å². The van der Waals surface area contributed by atoms with Gasteiger partial charge in [0.25, 0.3) is 0 Å². The number of carbonyl (C=O) groups is 1. The van der Waals surface area contributed by atoms with Crippen LogP contribution in [0.4, 0.5) is 10.1 Å². The zero-order valence-electron chi connectivity index (χ0n) is 10.0. The van der Waals surface area contributed by atoms with Crippen molar-refractivity contribution in [2.45, 2.75) is 6.92 Å². The molecule has 0 radical (unpaired) electrons. The first-order valence-corrected chi connectivity index (χ1v) is 6.29. The lowest BCUT2D eigenvalue weighted by Crippen LogP contribution is -2.15. The number of hydrogen-bond acceptors (Lipinski definition) is 5. The molecule has 0 bridgehead atoms. The number of esters is 1. The number of fused-ring (bicyclic) bond motifs is 1. The zero-order chi connectivity index (χ0) is 14.0. The fourth-order valence-electron chi connectivity index (χ4n) is 1.75. The molecule has 2 rings (SSSR count). The molecule has 0 saturated heterocycles. The lowest BCUT2D eigenvalue weighted by Gasteiger charge is -2.12. The Morgan fingerprint density at radius 2 is 2.32 bits per heavy atom. The normalized spacial score (nSPS) is 10.5. The lowest BCUT2D eigenvalue weighted by atomic mass is 10.1. The van der Waals surface area contributed by atoms with Gasteiger partial charge in [-0.3, -0.25) is 10.8 Å². The third-order valence-electron chi connectivity index (χ3n) is 2.56. The van der Waals surface area contributed by atoms with Crippen molar-refractivity contribution in [1.82, 2.24) is 4.98 Å². The Balaban J connectivity index is 2.76. The molecule has 0 aliphatic rings. The van der Waals surface area contributed by atoms with Gasteiger partial charge in [0.05, 0.1) is 12.3 Å². The van der Waals surface area contributed by atoms with Crippen LogP contribution < -0.4 is 11.3 Å². The average molecular weight is 328 g/mol. The molecule has 0 fully saturated rings. The highest BCUT2D eigenvalue weighted by Gasteiger charge is 2.19. The third-order valence-corrected chi connectivity index (χ3v) is 3.22. The van der Waals surface area contributed by atoms with Crippen LogP contribution in [0.15, 0.2) is 22.8 Å². The Hall–Kier alpha value is -1.73. The maximum absolute atomic E-state index is 13.7. The maximum atomic E-state index is 13.7. The van der Waals surface area contributed by atoms with E-state index >= 15 is 0 Å². The highest BCUT2D eigenvalue weighted by molar-refractivity contribution is 9.10. The minimum Gasteiger partial charge on any atom is -0.462 e. The SMILES string of the molecule is CCOC(=O)c1cnc2c(F)ccc(Br)c2c1NN. The van der Waals surface area contributed by atoms with E-state index < -0.39 is 11.8 Å². The van der Waals surface area contributed by atoms with Gasteiger partial charge < -0.3 is 10.2 Å². The fraction of sp³-hybridized carbons (Fsp3) is 0.167. The predicted molar refractivity (Wildman–Crippen MR) is 73.2 cm³/mol. The molecule has 5 nitrogen and oxygen atoms in total. The number of nitrogens with one attached hydrogen (secondary N) is 1. The van der Waals surface area contributed by atoms with Crippen LogP contribution in [-0.4, -0.2) is 17.6 Å². The van der Waals surface area contributed by atoms with Crippen molar-refractivity contribution in [2.24, 2.45) is 5.84 Å². The Bertz CT molecular complexity index is 648. The molecule has 0 aliphatic heterocycles. The molecular formula is C12H11BrFN3O2. The molecule has 0 unspecified atom stereocenters. The second-order valence-corrected chi connectivity index (χ2v) is 4.52. The predicted octanol–water partition coefficient (Wildman–Crippen LogP) is 2.60. The van der Waals surface area contributed by atoms with Gasteiger partial charge in [-0.15, -0.1) is 0 Å². The first-order valence-electron chi connectivity index (χ1n) is 5.50. The van der Waals surface area contributed by atoms with Crippen molar-refractivity contribution in [3.05, 3.63) is 34.2 Å². The van der Waals surface area contributed by atoms with E-state index in [1.807, 2.05) is 0 Å². The number of rotatable bonds is 3. The highest BCUT2D eigenvalue weighted by atomic mass is 79.9. The highest BCUT2D eigenvalue weighted by Crippen LogP contribution is 2.33. The first-order chi connectivity index (χ1) is 9.10. The van der Waals surface area contributed by atoms with Crippen LogP contribution >= 0.6 is 15.9 Å². The van der Waals surface area contributed by atoms with Crippen LogP contribution in [0, 0.1) is 5.82 Å². The topological polar surface area (TPSA) is 77.2 Å². The number of benzene rings is 1. The van der Waals surface area contributed by atoms with E-state index in [0.29, 0.717) is 9.86 Å². The van der Waals surface area contributed by atoms with E-state index in [9.17, 15) is 9.18 Å². The molecule has 3 N–H and O–H groups in total. The molecule has 1 heterocycles. The summed E-state index contributed by atoms with van der Waals surface area (Å²) < 4.78 is 19.2. The van der Waals surface area contributed by atoms with E-state index in [2.05, 4.69) is 26.3 Å². The lowest BCUT2D eigenvalue weighted by molar-refractivity contribution is 0.0527. The minimum absolute atomic E-state index is 0.121. The number of ether oxygens (including phenoxy) is 1. The van der Waals surface area contributed by atoms with Gasteiger partial charge in [0.2, 0.25) is 0 Å². The molecule has 19 heavy (non-hydrogen) atoms. The summed E-state index contributed by atoms with van der Waals surface area (Å²) in [6.45, 7) is 1.92. The molecule has 1 aromatic carbocycles. The smallest absolute Gasteiger partial charge is 0.341 e. The number of hydrogen-bond donors (Lipinski definition) is 2. The molecule has 0 amide bonds. The zero-order valence-corrected chi connectivity index (χ0v) is 11.6. The van der Waals surface area contributed by atoms with Gasteiger partial charge in [-0.05, 0) is 19.1 Å². The summed E-state index contributed by atoms with van der Waals surface area (Å²) in [6, 6.07) is 2.80. The van der Waals surface area contributed by atoms with Gasteiger partial charge >= 0.3 is 5.97 Å². The number of anilines is 1. The Labute approximate surface area is 117 Å². The molecule has 1 aromatic heterocycles. The largest absolute Gasteiger partial charge is 0.462 e. The van der Waals surface area contributed by atoms with Crippen LogP contribution in [-0.2, 0) is 4.74 Å². The van der Waals surface area contributed by atoms with Crippen LogP contribution in [0.5, 0.6) is 0 Å². The number of carbonyl (C=O) groups excluding carboxylic acids is 1. The molecule has 100 valence electrons. The Morgan fingerprint density at radius 3 is 2.95 bits per heavy atom. The van der Waals surface area contributed by atoms with Gasteiger partial charge in [-0.2, -0.15) is 0 Å². The van der Waals surface area contributed by atoms with Crippen molar-refractivity contribution >= 4 is 38.5 Å². The summed E-state index contributed by atoms with van der Waals surface area (Å²) in [6.07, 6.45) is 1.24. The molecular weight excluding hydrogens is 317 g/mol. The fourth-order valence-corrected chi connectivity index (χ4v) is 2.27. The number of nitrogens with two attached hydrogens (primary N) is 1. The summed E-state index contributed by atoms with van der Waals surface area (Å²) in [7, 11) is 0. The van der Waals surface area contributed by atoms with Gasteiger partial charge in [0.15, 0.2) is 0 Å². The Morgan fingerprint density at radius 1 is 1.58 bits per heavy atom. The second-order valence-electron chi connectivity index (χ2n) is 3.66.